The number of ether oxygens (including phenoxy) is 1. The third-order valence-corrected chi connectivity index (χ3v) is 3.19. The standard InChI is InChI=1S/C17H20N4O2/c1-12-14(10-15(18)16(19)21-12)8-5-9-20-17(22)23-11-13-6-3-2-4-7-13/h2-8,10H,9,11,18H2,1H3,(H2,19,21)(H,20,22). The van der Waals surface area contributed by atoms with Gasteiger partial charge in [-0.2, -0.15) is 0 Å². The summed E-state index contributed by atoms with van der Waals surface area (Å²) >= 11 is 0. The minimum absolute atomic E-state index is 0.244. The Balaban J connectivity index is 1.78. The number of nitrogens with zero attached hydrogens (tertiary/aromatic N) is 1. The molecule has 0 aliphatic carbocycles. The smallest absolute Gasteiger partial charge is 0.407 e. The van der Waals surface area contributed by atoms with Crippen molar-refractivity contribution < 1.29 is 9.53 Å². The number of benzene rings is 1. The highest BCUT2D eigenvalue weighted by molar-refractivity contribution is 5.68. The first-order chi connectivity index (χ1) is 11.1. The average Bonchev–Trinajstić information content (AvgIpc) is 2.55. The molecule has 1 aromatic heterocycles. The fraction of sp³-hybridized carbons (Fsp3) is 0.176. The highest BCUT2D eigenvalue weighted by Gasteiger charge is 2.02. The SMILES string of the molecule is Cc1nc(N)c(N)cc1C=CCNC(=O)OCc1ccccc1. The van der Waals surface area contributed by atoms with Crippen molar-refractivity contribution in [3.63, 3.8) is 0 Å². The monoisotopic (exact) mass is 312 g/mol. The molecule has 2 aromatic rings. The van der Waals surface area contributed by atoms with Crippen LogP contribution in [-0.2, 0) is 11.3 Å². The fourth-order valence-electron chi connectivity index (χ4n) is 1.93. The van der Waals surface area contributed by atoms with E-state index in [1.807, 2.05) is 43.3 Å². The lowest BCUT2D eigenvalue weighted by molar-refractivity contribution is 0.141. The molecular formula is C17H20N4O2. The summed E-state index contributed by atoms with van der Waals surface area (Å²) in [6.07, 6.45) is 3.16. The largest absolute Gasteiger partial charge is 0.445 e. The summed E-state index contributed by atoms with van der Waals surface area (Å²) in [4.78, 5) is 15.7. The third-order valence-electron chi connectivity index (χ3n) is 3.19. The molecular weight excluding hydrogens is 292 g/mol. The van der Waals surface area contributed by atoms with Crippen LogP contribution < -0.4 is 16.8 Å². The summed E-state index contributed by atoms with van der Waals surface area (Å²) < 4.78 is 5.11. The first-order valence-corrected chi connectivity index (χ1v) is 7.20. The third kappa shape index (κ3) is 5.03. The quantitative estimate of drug-likeness (QED) is 0.787. The fourth-order valence-corrected chi connectivity index (χ4v) is 1.93. The Labute approximate surface area is 135 Å². The maximum atomic E-state index is 11.6. The first kappa shape index (κ1) is 16.4. The number of pyridine rings is 1. The molecule has 0 aliphatic heterocycles. The van der Waals surface area contributed by atoms with Gasteiger partial charge in [0.15, 0.2) is 0 Å². The number of anilines is 2. The highest BCUT2D eigenvalue weighted by atomic mass is 16.5. The lowest BCUT2D eigenvalue weighted by Gasteiger charge is -2.06. The molecule has 0 fully saturated rings. The Kier molecular flexibility index (Phi) is 5.57. The van der Waals surface area contributed by atoms with E-state index in [-0.39, 0.29) is 6.61 Å². The molecule has 23 heavy (non-hydrogen) atoms. The number of amides is 1. The van der Waals surface area contributed by atoms with Gasteiger partial charge < -0.3 is 21.5 Å². The zero-order chi connectivity index (χ0) is 16.7. The Morgan fingerprint density at radius 3 is 2.78 bits per heavy atom. The van der Waals surface area contributed by atoms with E-state index in [2.05, 4.69) is 10.3 Å². The number of hydrogen-bond acceptors (Lipinski definition) is 5. The van der Waals surface area contributed by atoms with Gasteiger partial charge in [0, 0.05) is 12.2 Å². The van der Waals surface area contributed by atoms with Crippen molar-refractivity contribution >= 4 is 23.7 Å². The Morgan fingerprint density at radius 2 is 2.04 bits per heavy atom. The summed E-state index contributed by atoms with van der Waals surface area (Å²) in [5.74, 6) is 0.322. The number of rotatable bonds is 5. The van der Waals surface area contributed by atoms with Gasteiger partial charge >= 0.3 is 6.09 Å². The zero-order valence-corrected chi connectivity index (χ0v) is 13.0. The van der Waals surface area contributed by atoms with Gasteiger partial charge in [-0.3, -0.25) is 0 Å². The summed E-state index contributed by atoms with van der Waals surface area (Å²) in [7, 11) is 0. The van der Waals surface area contributed by atoms with Crippen LogP contribution in [0.3, 0.4) is 0 Å². The van der Waals surface area contributed by atoms with Gasteiger partial charge in [-0.05, 0) is 24.1 Å². The maximum Gasteiger partial charge on any atom is 0.407 e. The lowest BCUT2D eigenvalue weighted by atomic mass is 10.1. The van der Waals surface area contributed by atoms with Crippen molar-refractivity contribution in [1.29, 1.82) is 0 Å². The molecule has 0 atom stereocenters. The molecule has 1 aromatic carbocycles. The molecule has 5 N–H and O–H groups in total. The summed E-state index contributed by atoms with van der Waals surface area (Å²) in [6, 6.07) is 11.3. The van der Waals surface area contributed by atoms with Crippen LogP contribution in [0, 0.1) is 6.92 Å². The Morgan fingerprint density at radius 1 is 1.30 bits per heavy atom. The molecule has 1 heterocycles. The van der Waals surface area contributed by atoms with Crippen LogP contribution in [0.25, 0.3) is 6.08 Å². The molecule has 1 amide bonds. The molecule has 0 bridgehead atoms. The molecule has 0 aliphatic rings. The predicted octanol–water partition coefficient (Wildman–Crippen LogP) is 2.49. The van der Waals surface area contributed by atoms with Crippen molar-refractivity contribution in [2.24, 2.45) is 0 Å². The van der Waals surface area contributed by atoms with Gasteiger partial charge in [0.1, 0.15) is 12.4 Å². The van der Waals surface area contributed by atoms with E-state index >= 15 is 0 Å². The second-order valence-electron chi connectivity index (χ2n) is 4.98. The summed E-state index contributed by atoms with van der Waals surface area (Å²) in [5.41, 5.74) is 14.4. The summed E-state index contributed by atoms with van der Waals surface area (Å²) in [6.45, 7) is 2.43. The van der Waals surface area contributed by atoms with Crippen LogP contribution in [0.5, 0.6) is 0 Å². The van der Waals surface area contributed by atoms with Gasteiger partial charge in [-0.1, -0.05) is 42.5 Å². The number of nitrogens with two attached hydrogens (primary N) is 2. The molecule has 6 nitrogen and oxygen atoms in total. The van der Waals surface area contributed by atoms with Gasteiger partial charge in [0.2, 0.25) is 0 Å². The van der Waals surface area contributed by atoms with Gasteiger partial charge in [0.25, 0.3) is 0 Å². The topological polar surface area (TPSA) is 103 Å². The maximum absolute atomic E-state index is 11.6. The highest BCUT2D eigenvalue weighted by Crippen LogP contribution is 2.17. The van der Waals surface area contributed by atoms with Crippen LogP contribution in [0.15, 0.2) is 42.5 Å². The first-order valence-electron chi connectivity index (χ1n) is 7.20. The van der Waals surface area contributed by atoms with E-state index < -0.39 is 6.09 Å². The van der Waals surface area contributed by atoms with Crippen LogP contribution >= 0.6 is 0 Å². The zero-order valence-electron chi connectivity index (χ0n) is 13.0. The average molecular weight is 312 g/mol. The number of nitrogen functional groups attached to an aromatic ring is 2. The van der Waals surface area contributed by atoms with Gasteiger partial charge in [-0.15, -0.1) is 0 Å². The normalized spacial score (nSPS) is 10.7. The van der Waals surface area contributed by atoms with E-state index in [4.69, 9.17) is 16.2 Å². The van der Waals surface area contributed by atoms with Crippen molar-refractivity contribution in [1.82, 2.24) is 10.3 Å². The van der Waals surface area contributed by atoms with Crippen LogP contribution in [0.2, 0.25) is 0 Å². The second-order valence-corrected chi connectivity index (χ2v) is 4.98. The van der Waals surface area contributed by atoms with Crippen LogP contribution in [0.4, 0.5) is 16.3 Å². The van der Waals surface area contributed by atoms with Crippen molar-refractivity contribution in [2.75, 3.05) is 18.0 Å². The van der Waals surface area contributed by atoms with Crippen LogP contribution in [-0.4, -0.2) is 17.6 Å². The van der Waals surface area contributed by atoms with E-state index in [0.29, 0.717) is 18.1 Å². The number of carbonyl (C=O) groups is 1. The molecule has 2 rings (SSSR count). The van der Waals surface area contributed by atoms with E-state index in [9.17, 15) is 4.79 Å². The van der Waals surface area contributed by atoms with E-state index in [1.165, 1.54) is 0 Å². The lowest BCUT2D eigenvalue weighted by Crippen LogP contribution is -2.24. The molecule has 0 saturated carbocycles. The number of carbonyl (C=O) groups excluding carboxylic acids is 1. The minimum Gasteiger partial charge on any atom is -0.445 e. The van der Waals surface area contributed by atoms with E-state index in [0.717, 1.165) is 16.8 Å². The number of nitrogens with one attached hydrogen (secondary N) is 1. The van der Waals surface area contributed by atoms with Crippen molar-refractivity contribution in [3.05, 3.63) is 59.3 Å². The second kappa shape index (κ2) is 7.84. The van der Waals surface area contributed by atoms with E-state index in [1.54, 1.807) is 12.1 Å². The van der Waals surface area contributed by atoms with Crippen LogP contribution in [0.1, 0.15) is 16.8 Å². The Bertz CT molecular complexity index is 699. The summed E-state index contributed by atoms with van der Waals surface area (Å²) in [5, 5.41) is 2.64. The number of aromatic nitrogens is 1. The molecule has 0 unspecified atom stereocenters. The number of aryl methyl sites for hydroxylation is 1. The van der Waals surface area contributed by atoms with Crippen molar-refractivity contribution in [3.8, 4) is 0 Å². The predicted molar refractivity (Wildman–Crippen MR) is 91.5 cm³/mol. The molecule has 0 radical (unpaired) electrons. The number of hydrogen-bond donors (Lipinski definition) is 3. The molecule has 6 heteroatoms. The molecule has 0 spiro atoms. The van der Waals surface area contributed by atoms with Gasteiger partial charge in [0.05, 0.1) is 5.69 Å². The minimum atomic E-state index is -0.467. The molecule has 0 saturated heterocycles. The van der Waals surface area contributed by atoms with Crippen molar-refractivity contribution in [2.45, 2.75) is 13.5 Å². The van der Waals surface area contributed by atoms with Gasteiger partial charge in [-0.25, -0.2) is 9.78 Å². The number of alkyl carbamates (subject to hydrolysis) is 1. The Hall–Kier alpha value is -3.02. The molecule has 120 valence electrons.